The van der Waals surface area contributed by atoms with E-state index in [9.17, 15) is 9.59 Å². The molecule has 6 rings (SSSR count). The van der Waals surface area contributed by atoms with Crippen molar-refractivity contribution < 1.29 is 9.59 Å². The molecule has 11 heteroatoms. The standard InChI is InChI=1S/C45H53N9O2/c1-7-25-53(44(55)42(51(3)4)34-15-11-9-12-16-34)30-40-47-28-38(49-40)33-21-19-32(20-22-33)37-24-23-36(27-46-37)39-29-48-41(50-39)31-54(26-8-2)45(56)43(52(5)6)35-17-13-10-14-18-35/h9-24,27-29,42-43H,7-8,25-26,30-31H2,1-6H3,(H,47,49)(H,48,50)/t42-,43-/m1/s1. The van der Waals surface area contributed by atoms with Gasteiger partial charge in [0.15, 0.2) is 0 Å². The monoisotopic (exact) mass is 751 g/mol. The summed E-state index contributed by atoms with van der Waals surface area (Å²) >= 11 is 0. The lowest BCUT2D eigenvalue weighted by atomic mass is 10.0. The van der Waals surface area contributed by atoms with Crippen LogP contribution in [-0.2, 0) is 22.7 Å². The Labute approximate surface area is 330 Å². The predicted molar refractivity (Wildman–Crippen MR) is 222 cm³/mol. The van der Waals surface area contributed by atoms with Crippen LogP contribution in [0.2, 0.25) is 0 Å². The molecule has 290 valence electrons. The third kappa shape index (κ3) is 9.47. The fourth-order valence-corrected chi connectivity index (χ4v) is 7.10. The van der Waals surface area contributed by atoms with Gasteiger partial charge in [0.05, 0.1) is 42.6 Å². The smallest absolute Gasteiger partial charge is 0.244 e. The maximum Gasteiger partial charge on any atom is 0.244 e. The first-order valence-electron chi connectivity index (χ1n) is 19.3. The number of pyridine rings is 1. The Bertz CT molecular complexity index is 1990. The molecule has 0 aliphatic carbocycles. The number of nitrogens with zero attached hydrogens (tertiary/aromatic N) is 7. The van der Waals surface area contributed by atoms with Gasteiger partial charge in [0.25, 0.3) is 0 Å². The summed E-state index contributed by atoms with van der Waals surface area (Å²) in [5.74, 6) is 1.57. The molecule has 0 aliphatic heterocycles. The summed E-state index contributed by atoms with van der Waals surface area (Å²) in [6.07, 6.45) is 7.16. The molecule has 0 unspecified atom stereocenters. The van der Waals surface area contributed by atoms with Crippen LogP contribution in [0.3, 0.4) is 0 Å². The van der Waals surface area contributed by atoms with E-state index in [1.165, 1.54) is 0 Å². The van der Waals surface area contributed by atoms with E-state index >= 15 is 0 Å². The lowest BCUT2D eigenvalue weighted by Gasteiger charge is -2.30. The number of nitrogens with one attached hydrogen (secondary N) is 2. The van der Waals surface area contributed by atoms with Crippen LogP contribution in [0, 0.1) is 0 Å². The summed E-state index contributed by atoms with van der Waals surface area (Å²) in [6.45, 7) is 6.22. The van der Waals surface area contributed by atoms with Gasteiger partial charge in [-0.15, -0.1) is 0 Å². The normalized spacial score (nSPS) is 12.5. The summed E-state index contributed by atoms with van der Waals surface area (Å²) in [6, 6.07) is 31.3. The van der Waals surface area contributed by atoms with Crippen LogP contribution in [0.1, 0.15) is 61.5 Å². The largest absolute Gasteiger partial charge is 0.341 e. The molecule has 3 heterocycles. The van der Waals surface area contributed by atoms with Crippen molar-refractivity contribution in [3.8, 4) is 33.8 Å². The third-order valence-electron chi connectivity index (χ3n) is 9.85. The number of hydrogen-bond donors (Lipinski definition) is 2. The van der Waals surface area contributed by atoms with Gasteiger partial charge in [-0.25, -0.2) is 9.97 Å². The minimum Gasteiger partial charge on any atom is -0.341 e. The van der Waals surface area contributed by atoms with Crippen LogP contribution in [0.5, 0.6) is 0 Å². The Morgan fingerprint density at radius 2 is 0.964 bits per heavy atom. The Morgan fingerprint density at radius 3 is 1.38 bits per heavy atom. The highest BCUT2D eigenvalue weighted by molar-refractivity contribution is 5.84. The molecule has 0 aliphatic rings. The predicted octanol–water partition coefficient (Wildman–Crippen LogP) is 7.61. The first-order chi connectivity index (χ1) is 27.2. The van der Waals surface area contributed by atoms with E-state index in [2.05, 4.69) is 58.0 Å². The Balaban J connectivity index is 1.10. The van der Waals surface area contributed by atoms with Crippen LogP contribution in [0.4, 0.5) is 0 Å². The van der Waals surface area contributed by atoms with E-state index in [0.717, 1.165) is 69.4 Å². The van der Waals surface area contributed by atoms with Gasteiger partial charge < -0.3 is 19.8 Å². The molecule has 0 fully saturated rings. The van der Waals surface area contributed by atoms with Crippen LogP contribution in [-0.4, -0.2) is 97.6 Å². The Kier molecular flexibility index (Phi) is 13.2. The average molecular weight is 752 g/mol. The number of hydrogen-bond acceptors (Lipinski definition) is 7. The molecule has 6 aromatic rings. The second-order valence-corrected chi connectivity index (χ2v) is 14.6. The molecular weight excluding hydrogens is 699 g/mol. The van der Waals surface area contributed by atoms with Crippen LogP contribution in [0.25, 0.3) is 33.8 Å². The number of imidazole rings is 2. The second kappa shape index (κ2) is 18.6. The molecule has 11 nitrogen and oxygen atoms in total. The average Bonchev–Trinajstić information content (AvgIpc) is 3.88. The Hall–Kier alpha value is -5.91. The zero-order valence-corrected chi connectivity index (χ0v) is 33.3. The minimum absolute atomic E-state index is 0.0500. The third-order valence-corrected chi connectivity index (χ3v) is 9.85. The number of carbonyl (C=O) groups is 2. The lowest BCUT2D eigenvalue weighted by molar-refractivity contribution is -0.138. The number of aromatic amines is 2. The molecule has 3 aromatic carbocycles. The van der Waals surface area contributed by atoms with Gasteiger partial charge >= 0.3 is 0 Å². The number of likely N-dealkylation sites (N-methyl/N-ethyl adjacent to an activating group) is 2. The highest BCUT2D eigenvalue weighted by Gasteiger charge is 2.29. The van der Waals surface area contributed by atoms with Crippen LogP contribution in [0.15, 0.2) is 116 Å². The SMILES string of the molecule is CCCN(Cc1ncc(-c2ccc(-c3ccc(-c4cnc(CN(CCC)C(=O)[C@@H](c5ccccc5)N(C)C)[nH]4)cn3)cc2)[nH]1)C(=O)[C@@H](c1ccccc1)N(C)C. The number of aromatic nitrogens is 5. The molecule has 2 amide bonds. The highest BCUT2D eigenvalue weighted by Crippen LogP contribution is 2.27. The molecule has 2 atom stereocenters. The summed E-state index contributed by atoms with van der Waals surface area (Å²) in [7, 11) is 7.75. The molecule has 0 bridgehead atoms. The van der Waals surface area contributed by atoms with Crippen molar-refractivity contribution in [3.63, 3.8) is 0 Å². The van der Waals surface area contributed by atoms with Crippen molar-refractivity contribution in [1.82, 2.24) is 44.5 Å². The molecule has 2 N–H and O–H groups in total. The maximum absolute atomic E-state index is 13.8. The van der Waals surface area contributed by atoms with E-state index in [4.69, 9.17) is 4.98 Å². The van der Waals surface area contributed by atoms with Crippen molar-refractivity contribution in [2.45, 2.75) is 51.9 Å². The van der Waals surface area contributed by atoms with Gasteiger partial charge in [-0.05, 0) is 69.9 Å². The fourth-order valence-electron chi connectivity index (χ4n) is 7.10. The van der Waals surface area contributed by atoms with Gasteiger partial charge in [0.2, 0.25) is 11.8 Å². The first-order valence-corrected chi connectivity index (χ1v) is 19.3. The molecule has 0 saturated heterocycles. The van der Waals surface area contributed by atoms with E-state index in [-0.39, 0.29) is 23.9 Å². The first kappa shape index (κ1) is 39.8. The van der Waals surface area contributed by atoms with Crippen molar-refractivity contribution in [2.75, 3.05) is 41.3 Å². The summed E-state index contributed by atoms with van der Waals surface area (Å²) in [4.78, 5) is 56.2. The van der Waals surface area contributed by atoms with Gasteiger partial charge in [-0.1, -0.05) is 98.8 Å². The quantitative estimate of drug-likeness (QED) is 0.0986. The number of rotatable bonds is 17. The topological polar surface area (TPSA) is 117 Å². The molecule has 0 saturated carbocycles. The lowest BCUT2D eigenvalue weighted by Crippen LogP contribution is -2.40. The second-order valence-electron chi connectivity index (χ2n) is 14.6. The number of H-pyrrole nitrogens is 2. The van der Waals surface area contributed by atoms with Crippen molar-refractivity contribution >= 4 is 11.8 Å². The number of benzene rings is 3. The molecule has 56 heavy (non-hydrogen) atoms. The molecule has 3 aromatic heterocycles. The van der Waals surface area contributed by atoms with Gasteiger partial charge in [-0.3, -0.25) is 24.4 Å². The Morgan fingerprint density at radius 1 is 0.536 bits per heavy atom. The minimum atomic E-state index is -0.375. The molecule has 0 radical (unpaired) electrons. The van der Waals surface area contributed by atoms with Crippen molar-refractivity contribution in [1.29, 1.82) is 0 Å². The number of carbonyl (C=O) groups excluding carboxylic acids is 2. The molecular formula is C45H53N9O2. The van der Waals surface area contributed by atoms with E-state index < -0.39 is 0 Å². The summed E-state index contributed by atoms with van der Waals surface area (Å²) < 4.78 is 0. The highest BCUT2D eigenvalue weighted by atomic mass is 16.2. The van der Waals surface area contributed by atoms with Crippen LogP contribution < -0.4 is 0 Å². The van der Waals surface area contributed by atoms with Crippen LogP contribution >= 0.6 is 0 Å². The zero-order chi connectivity index (χ0) is 39.6. The zero-order valence-electron chi connectivity index (χ0n) is 33.3. The summed E-state index contributed by atoms with van der Waals surface area (Å²) in [5, 5.41) is 0. The van der Waals surface area contributed by atoms with E-state index in [1.807, 2.05) is 133 Å². The van der Waals surface area contributed by atoms with E-state index in [1.54, 1.807) is 6.20 Å². The maximum atomic E-state index is 13.8. The van der Waals surface area contributed by atoms with Gasteiger partial charge in [0, 0.05) is 30.4 Å². The number of amides is 2. The van der Waals surface area contributed by atoms with Gasteiger partial charge in [-0.2, -0.15) is 0 Å². The van der Waals surface area contributed by atoms with E-state index in [0.29, 0.717) is 26.2 Å². The summed E-state index contributed by atoms with van der Waals surface area (Å²) in [5.41, 5.74) is 7.42. The van der Waals surface area contributed by atoms with Crippen molar-refractivity contribution in [2.24, 2.45) is 0 Å². The molecule has 0 spiro atoms. The van der Waals surface area contributed by atoms with Crippen molar-refractivity contribution in [3.05, 3.63) is 138 Å². The fraction of sp³-hybridized carbons (Fsp3) is 0.311. The van der Waals surface area contributed by atoms with Gasteiger partial charge in [0.1, 0.15) is 23.7 Å².